The zero-order valence-corrected chi connectivity index (χ0v) is 50.2. The van der Waals surface area contributed by atoms with Crippen molar-refractivity contribution in [2.45, 2.75) is 26.2 Å². The van der Waals surface area contributed by atoms with E-state index in [4.69, 9.17) is 0 Å². The molecule has 0 unspecified atom stereocenters. The van der Waals surface area contributed by atoms with E-state index in [2.05, 4.69) is 122 Å². The van der Waals surface area contributed by atoms with Crippen molar-refractivity contribution < 1.29 is 51.7 Å². The number of benzene rings is 10. The second kappa shape index (κ2) is 19.3. The van der Waals surface area contributed by atoms with Gasteiger partial charge in [0.1, 0.15) is 0 Å². The fourth-order valence-electron chi connectivity index (χ4n) is 12.0. The summed E-state index contributed by atoms with van der Waals surface area (Å²) in [6.07, 6.45) is 0. The van der Waals surface area contributed by atoms with Crippen LogP contribution in [-0.4, -0.2) is 44.5 Å². The Morgan fingerprint density at radius 3 is 0.929 bits per heavy atom. The van der Waals surface area contributed by atoms with Crippen molar-refractivity contribution >= 4 is 119 Å². The minimum atomic E-state index is -2.68. The molecule has 10 aromatic carbocycles. The SMILES string of the molecule is [2H]C([2H])([2H])N1[C]2=[Pt]=[C]3N(c4cc(-c5ccccc5)cc(c4)N(c4ccc(N5c6cccc(c6)N6[C](=[Pt]=[C]7N(c8cc5cc(C(C)(C)C)c8)c5ccccc5N7C([2H])([2H])[2H])N(C([2H])([2H])[2H])c5ccccc56)cc4)c4cccc(c4)N2c2ccccc21)c1ccccc1N3C([2H])([2H])[2H]. The van der Waals surface area contributed by atoms with Gasteiger partial charge in [0, 0.05) is 0 Å². The number of anilines is 18. The third-order valence-corrected chi connectivity index (χ3v) is 22.1. The van der Waals surface area contributed by atoms with Crippen LogP contribution < -0.4 is 49.0 Å². The fourth-order valence-corrected chi connectivity index (χ4v) is 18.3. The molecule has 0 saturated carbocycles. The summed E-state index contributed by atoms with van der Waals surface area (Å²) in [5, 5.41) is 0. The van der Waals surface area contributed by atoms with Gasteiger partial charge in [-0.05, 0) is 0 Å². The molecule has 84 heavy (non-hydrogen) atoms. The zero-order valence-electron chi connectivity index (χ0n) is 57.6. The first-order valence-corrected chi connectivity index (χ1v) is 32.0. The van der Waals surface area contributed by atoms with Gasteiger partial charge in [-0.1, -0.05) is 0 Å². The number of hydrogen-bond donors (Lipinski definition) is 0. The molecule has 0 aromatic heterocycles. The number of fused-ring (bicyclic) bond motifs is 24. The summed E-state index contributed by atoms with van der Waals surface area (Å²) in [6.45, 7) is -4.22. The summed E-state index contributed by atoms with van der Waals surface area (Å²) in [5.74, 6) is 0. The monoisotopic (exact) mass is 1470 g/mol. The molecule has 16 rings (SSSR count). The van der Waals surface area contributed by atoms with Gasteiger partial charge in [0.05, 0.1) is 0 Å². The number of para-hydroxylation sites is 8. The molecule has 0 fully saturated rings. The maximum atomic E-state index is 9.24. The summed E-state index contributed by atoms with van der Waals surface area (Å²) >= 11 is -3.41. The Hall–Kier alpha value is -8.94. The molecule has 8 bridgehead atoms. The standard InChI is InChI=1S/C72H60N10.2Pt/c1-72(2,3)53-41-61(80-50-76(7)67-30-14-18-34-71(67)80)46-63(42-53)82(59-26-20-24-57(44-59)78-48-74(5)65-28-12-16-32-69(65)78)55-37-35-54(36-38-55)81(58-25-19-23-56(43-58)77-47-73(4)64-27-11-15-31-68(64)77)62-40-52(51-21-9-8-10-22-51)39-60(45-62)79-49-75(6)66-29-13-17-33-70(66)79;;/h8-46H,1-7H3;;/i4D3,5D3,6D3,7D3;;. The summed E-state index contributed by atoms with van der Waals surface area (Å²) < 4.78 is 112. The van der Waals surface area contributed by atoms with Gasteiger partial charge in [0.2, 0.25) is 0 Å². The summed E-state index contributed by atoms with van der Waals surface area (Å²) in [7, 11) is 0. The molecule has 0 radical (unpaired) electrons. The van der Waals surface area contributed by atoms with Crippen molar-refractivity contribution in [1.82, 2.24) is 0 Å². The molecule has 0 amide bonds. The predicted molar refractivity (Wildman–Crippen MR) is 348 cm³/mol. The Morgan fingerprint density at radius 1 is 0.262 bits per heavy atom. The summed E-state index contributed by atoms with van der Waals surface area (Å²) in [6, 6.07) is 77.1. The topological polar surface area (TPSA) is 32.4 Å². The molecule has 0 atom stereocenters. The second-order valence-corrected chi connectivity index (χ2v) is 27.3. The predicted octanol–water partition coefficient (Wildman–Crippen LogP) is 16.5. The second-order valence-electron chi connectivity index (χ2n) is 22.1. The third kappa shape index (κ3) is 7.90. The van der Waals surface area contributed by atoms with Crippen LogP contribution in [0.25, 0.3) is 11.1 Å². The molecule has 0 N–H and O–H groups in total. The average molecular weight is 1470 g/mol. The van der Waals surface area contributed by atoms with Gasteiger partial charge in [-0.2, -0.15) is 0 Å². The molecule has 0 spiro atoms. The quantitative estimate of drug-likeness (QED) is 0.171. The normalized spacial score (nSPS) is 18.5. The van der Waals surface area contributed by atoms with E-state index >= 15 is 0 Å². The molecule has 10 aromatic rings. The number of rotatable bonds is 3. The van der Waals surface area contributed by atoms with Gasteiger partial charge >= 0.3 is 527 Å². The molecular weight excluding hydrogens is 1400 g/mol. The Balaban J connectivity index is 0.945. The Labute approximate surface area is 524 Å². The first-order valence-electron chi connectivity index (χ1n) is 33.5. The van der Waals surface area contributed by atoms with Crippen LogP contribution in [0.3, 0.4) is 0 Å². The summed E-state index contributed by atoms with van der Waals surface area (Å²) in [5.41, 5.74) is 14.2. The molecule has 10 nitrogen and oxygen atoms in total. The van der Waals surface area contributed by atoms with E-state index in [0.717, 1.165) is 50.8 Å². The van der Waals surface area contributed by atoms with Gasteiger partial charge in [-0.15, -0.1) is 0 Å². The number of hydrogen-bond acceptors (Lipinski definition) is 10. The van der Waals surface area contributed by atoms with Crippen molar-refractivity contribution in [2.75, 3.05) is 76.9 Å². The molecule has 6 aliphatic rings. The van der Waals surface area contributed by atoms with Crippen LogP contribution in [0.5, 0.6) is 0 Å². The zero-order chi connectivity index (χ0) is 66.7. The van der Waals surface area contributed by atoms with Gasteiger partial charge in [0.15, 0.2) is 0 Å². The third-order valence-electron chi connectivity index (χ3n) is 16.0. The first-order chi connectivity index (χ1) is 45.8. The van der Waals surface area contributed by atoms with E-state index in [0.29, 0.717) is 84.8 Å². The molecule has 418 valence electrons. The van der Waals surface area contributed by atoms with Gasteiger partial charge in [0.25, 0.3) is 0 Å². The molecule has 6 heterocycles. The van der Waals surface area contributed by atoms with Crippen LogP contribution in [0.15, 0.2) is 237 Å². The van der Waals surface area contributed by atoms with E-state index < -0.39 is 68.6 Å². The van der Waals surface area contributed by atoms with Crippen molar-refractivity contribution in [3.8, 4) is 11.1 Å². The fraction of sp³-hybridized carbons (Fsp3) is 0.111. The van der Waals surface area contributed by atoms with E-state index in [9.17, 15) is 16.4 Å². The van der Waals surface area contributed by atoms with Crippen LogP contribution in [-0.2, 0) is 40.7 Å². The molecular formula is C72H60N10Pt2. The molecule has 0 aliphatic carbocycles. The van der Waals surface area contributed by atoms with E-state index in [1.54, 1.807) is 0 Å². The van der Waals surface area contributed by atoms with Crippen LogP contribution in [0, 0.1) is 0 Å². The molecule has 0 saturated heterocycles. The number of nitrogens with zero attached hydrogens (tertiary/aromatic N) is 10. The molecule has 6 aliphatic heterocycles. The van der Waals surface area contributed by atoms with Crippen molar-refractivity contribution in [1.29, 1.82) is 0 Å². The van der Waals surface area contributed by atoms with Gasteiger partial charge in [-0.3, -0.25) is 0 Å². The summed E-state index contributed by atoms with van der Waals surface area (Å²) in [4.78, 5) is 18.1. The van der Waals surface area contributed by atoms with E-state index in [1.807, 2.05) is 165 Å². The van der Waals surface area contributed by atoms with Crippen LogP contribution in [0.2, 0.25) is 0 Å². The van der Waals surface area contributed by atoms with Crippen LogP contribution in [0.1, 0.15) is 42.8 Å². The van der Waals surface area contributed by atoms with E-state index in [-0.39, 0.29) is 0 Å². The first kappa shape index (κ1) is 39.5. The van der Waals surface area contributed by atoms with Crippen LogP contribution in [0.4, 0.5) is 102 Å². The van der Waals surface area contributed by atoms with Gasteiger partial charge < -0.3 is 0 Å². The Bertz CT molecular complexity index is 5020. The van der Waals surface area contributed by atoms with Crippen molar-refractivity contribution in [3.05, 3.63) is 242 Å². The Kier molecular flexibility index (Phi) is 9.09. The van der Waals surface area contributed by atoms with E-state index in [1.165, 1.54) is 19.6 Å². The van der Waals surface area contributed by atoms with Gasteiger partial charge in [-0.25, -0.2) is 0 Å². The molecule has 12 heteroatoms. The Morgan fingerprint density at radius 2 is 0.560 bits per heavy atom. The van der Waals surface area contributed by atoms with Crippen molar-refractivity contribution in [2.24, 2.45) is 0 Å². The maximum absolute atomic E-state index is 9.24. The minimum absolute atomic E-state index is 0.431. The van der Waals surface area contributed by atoms with Crippen molar-refractivity contribution in [3.63, 3.8) is 0 Å². The average Bonchev–Trinajstić information content (AvgIpc) is 1.55. The van der Waals surface area contributed by atoms with Crippen LogP contribution >= 0.6 is 0 Å².